The van der Waals surface area contributed by atoms with Gasteiger partial charge < -0.3 is 10.0 Å². The third-order valence-corrected chi connectivity index (χ3v) is 4.17. The zero-order valence-electron chi connectivity index (χ0n) is 13.2. The van der Waals surface area contributed by atoms with Crippen molar-refractivity contribution in [2.45, 2.75) is 45.6 Å². The van der Waals surface area contributed by atoms with Crippen LogP contribution in [0.2, 0.25) is 0 Å². The number of hydrogen-bond donors (Lipinski definition) is 1. The van der Waals surface area contributed by atoms with Gasteiger partial charge in [0, 0.05) is 26.1 Å². The van der Waals surface area contributed by atoms with Gasteiger partial charge in [-0.3, -0.25) is 9.48 Å². The number of aryl methyl sites for hydroxylation is 1. The van der Waals surface area contributed by atoms with Crippen LogP contribution in [0.15, 0.2) is 6.07 Å². The van der Waals surface area contributed by atoms with E-state index in [2.05, 4.69) is 5.10 Å². The number of carbonyl (C=O) groups excluding carboxylic acids is 1. The lowest BCUT2D eigenvalue weighted by Crippen LogP contribution is -2.50. The molecule has 0 spiro atoms. The Bertz CT molecular complexity index is 543. The lowest BCUT2D eigenvalue weighted by Gasteiger charge is -2.37. The zero-order chi connectivity index (χ0) is 16.5. The number of aliphatic hydroxyl groups is 1. The molecule has 124 valence electrons. The second-order valence-corrected chi connectivity index (χ2v) is 6.07. The number of aromatic nitrogens is 2. The van der Waals surface area contributed by atoms with Crippen molar-refractivity contribution in [3.05, 3.63) is 17.5 Å². The maximum Gasteiger partial charge on any atom is 0.272 e. The molecule has 5 nitrogen and oxygen atoms in total. The smallest absolute Gasteiger partial charge is 0.272 e. The third kappa shape index (κ3) is 3.14. The highest BCUT2D eigenvalue weighted by molar-refractivity contribution is 5.92. The molecule has 0 bridgehead atoms. The van der Waals surface area contributed by atoms with E-state index in [4.69, 9.17) is 5.11 Å². The Balaban J connectivity index is 2.22. The molecule has 1 saturated heterocycles. The molecular weight excluding hydrogens is 292 g/mol. The minimum Gasteiger partial charge on any atom is -0.396 e. The fourth-order valence-corrected chi connectivity index (χ4v) is 2.65. The minimum atomic E-state index is -2.92. The second kappa shape index (κ2) is 6.32. The molecule has 0 saturated carbocycles. The highest BCUT2D eigenvalue weighted by atomic mass is 19.3. The number of alkyl halides is 2. The first-order valence-corrected chi connectivity index (χ1v) is 7.65. The second-order valence-electron chi connectivity index (χ2n) is 6.07. The zero-order valence-corrected chi connectivity index (χ0v) is 13.2. The average molecular weight is 315 g/mol. The number of nitrogens with zero attached hydrogens (tertiary/aromatic N) is 3. The van der Waals surface area contributed by atoms with Crippen LogP contribution in [0.5, 0.6) is 0 Å². The largest absolute Gasteiger partial charge is 0.396 e. The van der Waals surface area contributed by atoms with Crippen molar-refractivity contribution in [3.8, 4) is 0 Å². The van der Waals surface area contributed by atoms with Crippen molar-refractivity contribution in [1.29, 1.82) is 0 Å². The summed E-state index contributed by atoms with van der Waals surface area (Å²) < 4.78 is 28.9. The summed E-state index contributed by atoms with van der Waals surface area (Å²) in [6, 6.07) is 1.73. The van der Waals surface area contributed by atoms with Crippen molar-refractivity contribution in [2.24, 2.45) is 5.92 Å². The molecule has 1 atom stereocenters. The van der Waals surface area contributed by atoms with Gasteiger partial charge in [0.25, 0.3) is 11.8 Å². The van der Waals surface area contributed by atoms with Crippen LogP contribution in [-0.2, 0) is 6.54 Å². The maximum absolute atomic E-state index is 13.6. The Morgan fingerprint density at radius 3 is 2.77 bits per heavy atom. The Hall–Kier alpha value is -1.50. The Labute approximate surface area is 128 Å². The number of piperidine rings is 1. The van der Waals surface area contributed by atoms with Crippen LogP contribution in [0.3, 0.4) is 0 Å². The Morgan fingerprint density at radius 1 is 1.55 bits per heavy atom. The summed E-state index contributed by atoms with van der Waals surface area (Å²) in [5, 5.41) is 13.5. The first-order chi connectivity index (χ1) is 10.3. The van der Waals surface area contributed by atoms with Gasteiger partial charge in [-0.2, -0.15) is 5.10 Å². The summed E-state index contributed by atoms with van der Waals surface area (Å²) in [7, 11) is 0. The first-order valence-electron chi connectivity index (χ1n) is 7.65. The highest BCUT2D eigenvalue weighted by Gasteiger charge is 2.45. The van der Waals surface area contributed by atoms with Crippen LogP contribution in [0, 0.1) is 5.92 Å². The van der Waals surface area contributed by atoms with Gasteiger partial charge >= 0.3 is 0 Å². The first kappa shape index (κ1) is 16.9. The molecule has 1 aliphatic heterocycles. The molecular formula is C15H23F2N3O2. The fraction of sp³-hybridized carbons (Fsp3) is 0.733. The number of hydrogen-bond acceptors (Lipinski definition) is 3. The number of halogens is 2. The normalized spacial score (nSPS) is 21.4. The summed E-state index contributed by atoms with van der Waals surface area (Å²) >= 11 is 0. The molecule has 1 N–H and O–H groups in total. The maximum atomic E-state index is 13.6. The van der Waals surface area contributed by atoms with E-state index in [1.165, 1.54) is 4.90 Å². The van der Waals surface area contributed by atoms with E-state index in [9.17, 15) is 13.6 Å². The number of aliphatic hydroxyl groups excluding tert-OH is 1. The molecule has 1 aliphatic rings. The van der Waals surface area contributed by atoms with Gasteiger partial charge in [0.2, 0.25) is 0 Å². The lowest BCUT2D eigenvalue weighted by molar-refractivity contribution is -0.113. The van der Waals surface area contributed by atoms with Crippen LogP contribution >= 0.6 is 0 Å². The topological polar surface area (TPSA) is 58.4 Å². The molecule has 1 aromatic rings. The van der Waals surface area contributed by atoms with E-state index in [-0.39, 0.29) is 24.9 Å². The van der Waals surface area contributed by atoms with E-state index in [0.717, 1.165) is 5.69 Å². The Morgan fingerprint density at radius 2 is 2.23 bits per heavy atom. The highest BCUT2D eigenvalue weighted by Crippen LogP contribution is 2.33. The quantitative estimate of drug-likeness (QED) is 0.926. The molecule has 0 radical (unpaired) electrons. The van der Waals surface area contributed by atoms with Crippen molar-refractivity contribution in [2.75, 3.05) is 19.7 Å². The molecule has 1 amide bonds. The summed E-state index contributed by atoms with van der Waals surface area (Å²) in [4.78, 5) is 14.0. The molecule has 0 aliphatic carbocycles. The molecule has 7 heteroatoms. The average Bonchev–Trinajstić information content (AvgIpc) is 2.90. The summed E-state index contributed by atoms with van der Waals surface area (Å²) in [5.74, 6) is -4.22. The van der Waals surface area contributed by atoms with Gasteiger partial charge in [0.15, 0.2) is 0 Å². The summed E-state index contributed by atoms with van der Waals surface area (Å²) in [5.41, 5.74) is 1.24. The molecule has 1 fully saturated rings. The van der Waals surface area contributed by atoms with E-state index < -0.39 is 24.9 Å². The number of likely N-dealkylation sites (tertiary alicyclic amines) is 1. The van der Waals surface area contributed by atoms with Crippen LogP contribution in [0.25, 0.3) is 0 Å². The Kier molecular flexibility index (Phi) is 4.84. The van der Waals surface area contributed by atoms with E-state index in [0.29, 0.717) is 12.2 Å². The fourth-order valence-electron chi connectivity index (χ4n) is 2.65. The van der Waals surface area contributed by atoms with Crippen LogP contribution in [0.4, 0.5) is 8.78 Å². The van der Waals surface area contributed by atoms with Gasteiger partial charge in [-0.05, 0) is 18.9 Å². The number of amides is 1. The van der Waals surface area contributed by atoms with E-state index >= 15 is 0 Å². The van der Waals surface area contributed by atoms with Crippen LogP contribution in [0.1, 0.15) is 49.3 Å². The van der Waals surface area contributed by atoms with Crippen LogP contribution < -0.4 is 0 Å². The molecule has 1 aromatic heterocycles. The third-order valence-electron chi connectivity index (χ3n) is 4.17. The van der Waals surface area contributed by atoms with Crippen molar-refractivity contribution in [1.82, 2.24) is 14.7 Å². The molecule has 1 unspecified atom stereocenters. The van der Waals surface area contributed by atoms with Gasteiger partial charge in [0.05, 0.1) is 18.2 Å². The summed E-state index contributed by atoms with van der Waals surface area (Å²) in [6.07, 6.45) is -0.415. The van der Waals surface area contributed by atoms with E-state index in [1.54, 1.807) is 10.7 Å². The molecule has 2 heterocycles. The van der Waals surface area contributed by atoms with Gasteiger partial charge in [0.1, 0.15) is 5.69 Å². The van der Waals surface area contributed by atoms with Gasteiger partial charge in [-0.25, -0.2) is 8.78 Å². The minimum absolute atomic E-state index is 0.00571. The predicted octanol–water partition coefficient (Wildman–Crippen LogP) is 2.12. The van der Waals surface area contributed by atoms with Crippen LogP contribution in [-0.4, -0.2) is 51.3 Å². The molecule has 0 aromatic carbocycles. The predicted molar refractivity (Wildman–Crippen MR) is 78.0 cm³/mol. The van der Waals surface area contributed by atoms with Crippen molar-refractivity contribution >= 4 is 5.91 Å². The molecule has 2 rings (SSSR count). The van der Waals surface area contributed by atoms with E-state index in [1.807, 2.05) is 20.8 Å². The van der Waals surface area contributed by atoms with Crippen molar-refractivity contribution < 1.29 is 18.7 Å². The van der Waals surface area contributed by atoms with Gasteiger partial charge in [-0.1, -0.05) is 13.8 Å². The summed E-state index contributed by atoms with van der Waals surface area (Å²) in [6.45, 7) is 5.64. The molecule has 22 heavy (non-hydrogen) atoms. The lowest BCUT2D eigenvalue weighted by atomic mass is 9.94. The standard InChI is InChI=1S/C15H23F2N3O2/c1-4-20-13(7-12(18-20)10(2)3)14(22)19-6-5-15(16,17)11(8-19)9-21/h7,10-11,21H,4-6,8-9H2,1-3H3. The number of carbonyl (C=O) groups is 1. The monoisotopic (exact) mass is 315 g/mol. The van der Waals surface area contributed by atoms with Crippen molar-refractivity contribution in [3.63, 3.8) is 0 Å². The van der Waals surface area contributed by atoms with Gasteiger partial charge in [-0.15, -0.1) is 0 Å². The number of rotatable bonds is 4. The SMILES string of the molecule is CCn1nc(C(C)C)cc1C(=O)N1CCC(F)(F)C(CO)C1.